The first-order valence-electron chi connectivity index (χ1n) is 0.933. The van der Waals surface area contributed by atoms with E-state index in [1.807, 2.05) is 0 Å². The van der Waals surface area contributed by atoms with Crippen molar-refractivity contribution in [3.63, 3.8) is 0 Å². The van der Waals surface area contributed by atoms with Crippen molar-refractivity contribution >= 4 is 23.3 Å². The summed E-state index contributed by atoms with van der Waals surface area (Å²) in [5.74, 6) is 0. The average Bonchev–Trinajstić information content (AvgIpc) is 1.38. The van der Waals surface area contributed by atoms with Gasteiger partial charge in [-0.3, -0.25) is 0 Å². The molecule has 0 aromatic rings. The first-order chi connectivity index (χ1) is 2.27. The summed E-state index contributed by atoms with van der Waals surface area (Å²) in [4.78, 5) is 9.38. The molecule has 1 unspecified atom stereocenters. The minimum absolute atomic E-state index is 0.718. The Morgan fingerprint density at radius 3 is 2.20 bits per heavy atom. The van der Waals surface area contributed by atoms with Crippen molar-refractivity contribution < 1.29 is 8.52 Å². The van der Waals surface area contributed by atoms with Crippen LogP contribution in [-0.2, 0) is 3.73 Å². The van der Waals surface area contributed by atoms with E-state index in [1.165, 1.54) is 0 Å². The van der Waals surface area contributed by atoms with Gasteiger partial charge in [-0.25, -0.2) is 0 Å². The summed E-state index contributed by atoms with van der Waals surface area (Å²) < 4.78 is 3.95. The van der Waals surface area contributed by atoms with Crippen molar-refractivity contribution in [2.45, 2.75) is 0 Å². The summed E-state index contributed by atoms with van der Waals surface area (Å²) in [6, 6.07) is 0. The maximum absolute atomic E-state index is 9.38. The van der Waals surface area contributed by atoms with E-state index in [2.05, 4.69) is 9.46 Å². The number of amides is 1. The second-order valence-corrected chi connectivity index (χ2v) is 0.931. The van der Waals surface area contributed by atoms with Gasteiger partial charge in [-0.1, -0.05) is 0 Å². The molecule has 30 valence electrons. The van der Waals surface area contributed by atoms with Crippen molar-refractivity contribution in [3.05, 3.63) is 0 Å². The Morgan fingerprint density at radius 1 is 2.00 bits per heavy atom. The average molecular weight is 137 g/mol. The molecule has 0 aromatic heterocycles. The third kappa shape index (κ3) is 3.83. The van der Waals surface area contributed by atoms with E-state index in [4.69, 9.17) is 0 Å². The van der Waals surface area contributed by atoms with Crippen LogP contribution in [-0.4, -0.2) is 23.3 Å². The summed E-state index contributed by atoms with van der Waals surface area (Å²) >= 11 is 0.853. The molecule has 2 N–H and O–H groups in total. The second kappa shape index (κ2) is 2.09. The maximum atomic E-state index is 9.38. The molecule has 0 rings (SSSR count). The van der Waals surface area contributed by atoms with Crippen molar-refractivity contribution in [1.29, 1.82) is 0 Å². The molecule has 0 aliphatic rings. The molecule has 0 radical (unpaired) electrons. The molecule has 0 fully saturated rings. The number of hydrogen-bond donors (Lipinski definition) is 1. The van der Waals surface area contributed by atoms with Crippen LogP contribution in [0.3, 0.4) is 0 Å². The fourth-order valence-corrected chi connectivity index (χ4v) is 0. The topological polar surface area (TPSA) is 52.3 Å². The molecule has 1 atom stereocenters. The van der Waals surface area contributed by atoms with Crippen molar-refractivity contribution in [2.75, 3.05) is 0 Å². The normalized spacial score (nSPS) is 6.60. The first-order valence-corrected chi connectivity index (χ1v) is 1.92. The van der Waals surface area contributed by atoms with Crippen molar-refractivity contribution in [1.82, 2.24) is 0 Å². The second-order valence-electron chi connectivity index (χ2n) is 0.437. The zero-order valence-corrected chi connectivity index (χ0v) is 4.89. The Balaban J connectivity index is 2.85. The number of rotatable bonds is 0. The van der Waals surface area contributed by atoms with Gasteiger partial charge in [0.05, 0.1) is 0 Å². The fourth-order valence-electron chi connectivity index (χ4n) is 0. The molecule has 0 aliphatic carbocycles. The zero-order valence-electron chi connectivity index (χ0n) is 2.47. The summed E-state index contributed by atoms with van der Waals surface area (Å²) in [6.07, 6.45) is -0.718. The summed E-state index contributed by atoms with van der Waals surface area (Å²) in [6.45, 7) is 0. The number of carbonyl (C=O) groups is 1. The van der Waals surface area contributed by atoms with Gasteiger partial charge in [-0.15, -0.1) is 0 Å². The van der Waals surface area contributed by atoms with Gasteiger partial charge in [0.25, 0.3) is 0 Å². The van der Waals surface area contributed by atoms with Crippen molar-refractivity contribution in [3.8, 4) is 0 Å². The molecule has 0 spiro atoms. The van der Waals surface area contributed by atoms with Crippen LogP contribution in [0, 0.1) is 0 Å². The Hall–Kier alpha value is -0.172. The molecule has 0 heterocycles. The number of hydrogen-bond acceptors (Lipinski definition) is 2. The van der Waals surface area contributed by atoms with Gasteiger partial charge in [0.2, 0.25) is 0 Å². The monoisotopic (exact) mass is 137 g/mol. The SMILES string of the molecule is NC(=O)O[AsH2]. The Bertz CT molecular complexity index is 44.9. The van der Waals surface area contributed by atoms with Crippen LogP contribution in [0.4, 0.5) is 4.79 Å². The van der Waals surface area contributed by atoms with E-state index in [0.29, 0.717) is 0 Å². The molecule has 0 saturated carbocycles. The number of primary amides is 1. The van der Waals surface area contributed by atoms with Crippen molar-refractivity contribution in [2.24, 2.45) is 5.73 Å². The third-order valence-electron chi connectivity index (χ3n) is 0.116. The number of carbonyl (C=O) groups excluding carboxylic acids is 1. The number of nitrogens with two attached hydrogens (primary N) is 1. The van der Waals surface area contributed by atoms with E-state index in [-0.39, 0.29) is 0 Å². The van der Waals surface area contributed by atoms with E-state index in [1.54, 1.807) is 0 Å². The molecule has 0 bridgehead atoms. The Labute approximate surface area is 38.3 Å². The van der Waals surface area contributed by atoms with Gasteiger partial charge in [0.15, 0.2) is 0 Å². The van der Waals surface area contributed by atoms with E-state index >= 15 is 0 Å². The molecule has 4 heteroatoms. The first kappa shape index (κ1) is 4.83. The van der Waals surface area contributed by atoms with Crippen LogP contribution in [0.15, 0.2) is 0 Å². The van der Waals surface area contributed by atoms with Crippen LogP contribution in [0.5, 0.6) is 0 Å². The predicted molar refractivity (Wildman–Crippen MR) is 19.2 cm³/mol. The van der Waals surface area contributed by atoms with Gasteiger partial charge < -0.3 is 0 Å². The Kier molecular flexibility index (Phi) is 2.02. The molecule has 5 heavy (non-hydrogen) atoms. The van der Waals surface area contributed by atoms with E-state index in [0.717, 1.165) is 17.2 Å². The summed E-state index contributed by atoms with van der Waals surface area (Å²) in [5.41, 5.74) is 4.45. The van der Waals surface area contributed by atoms with Crippen LogP contribution in [0.2, 0.25) is 0 Å². The summed E-state index contributed by atoms with van der Waals surface area (Å²) in [5, 5.41) is 0. The van der Waals surface area contributed by atoms with Gasteiger partial charge in [0, 0.05) is 0 Å². The predicted octanol–water partition coefficient (Wildman–Crippen LogP) is -1.37. The third-order valence-corrected chi connectivity index (χ3v) is 0.604. The molecule has 0 aliphatic heterocycles. The Morgan fingerprint density at radius 2 is 2.20 bits per heavy atom. The van der Waals surface area contributed by atoms with Crippen LogP contribution in [0.1, 0.15) is 0 Å². The van der Waals surface area contributed by atoms with Crippen LogP contribution < -0.4 is 5.73 Å². The molecule has 1 amide bonds. The molecular formula is CH4AsNO2. The van der Waals surface area contributed by atoms with Crippen LogP contribution in [0.25, 0.3) is 0 Å². The van der Waals surface area contributed by atoms with Gasteiger partial charge in [-0.2, -0.15) is 0 Å². The standard InChI is InChI=1S/CH4AsNO2/c2-5-1(3)4/h2H2,(H2,3,4). The van der Waals surface area contributed by atoms with Gasteiger partial charge in [-0.05, 0) is 0 Å². The van der Waals surface area contributed by atoms with Gasteiger partial charge in [0.1, 0.15) is 0 Å². The van der Waals surface area contributed by atoms with E-state index < -0.39 is 6.09 Å². The van der Waals surface area contributed by atoms with E-state index in [9.17, 15) is 4.79 Å². The minimum atomic E-state index is -0.718. The fraction of sp³-hybridized carbons (Fsp3) is 0. The summed E-state index contributed by atoms with van der Waals surface area (Å²) in [7, 11) is 0. The molecule has 3 nitrogen and oxygen atoms in total. The zero-order chi connectivity index (χ0) is 4.28. The van der Waals surface area contributed by atoms with Crippen LogP contribution >= 0.6 is 0 Å². The van der Waals surface area contributed by atoms with Gasteiger partial charge >= 0.3 is 37.5 Å². The quantitative estimate of drug-likeness (QED) is 0.418. The molecular weight excluding hydrogens is 133 g/mol. The molecule has 0 saturated heterocycles. The molecule has 0 aromatic carbocycles.